The fourth-order valence-electron chi connectivity index (χ4n) is 4.64. The van der Waals surface area contributed by atoms with Crippen molar-refractivity contribution in [1.29, 1.82) is 0 Å². The molecule has 0 bridgehead atoms. The Hall–Kier alpha value is -3.73. The van der Waals surface area contributed by atoms with Gasteiger partial charge >= 0.3 is 6.03 Å². The summed E-state index contributed by atoms with van der Waals surface area (Å²) in [6, 6.07) is 22.2. The number of nitrogens with one attached hydrogen (secondary N) is 2. The first-order valence-electron chi connectivity index (χ1n) is 12.3. The highest BCUT2D eigenvalue weighted by Crippen LogP contribution is 2.34. The van der Waals surface area contributed by atoms with Gasteiger partial charge in [-0.2, -0.15) is 0 Å². The molecule has 5 rings (SSSR count). The molecule has 0 spiro atoms. The van der Waals surface area contributed by atoms with E-state index in [-0.39, 0.29) is 6.03 Å². The number of unbranched alkanes of at least 4 members (excludes halogenated alkanes) is 5. The number of aromatic nitrogens is 2. The van der Waals surface area contributed by atoms with Crippen LogP contribution in [-0.4, -0.2) is 22.5 Å². The molecule has 172 valence electrons. The van der Waals surface area contributed by atoms with E-state index in [0.29, 0.717) is 12.2 Å². The summed E-state index contributed by atoms with van der Waals surface area (Å²) < 4.78 is 0. The molecule has 0 fully saturated rings. The Balaban J connectivity index is 1.39. The monoisotopic (exact) mass is 450 g/mol. The SMILES string of the molecule is CCCCCCCCNC(=O)Nc1ccc2nc3c4ccccc4c4ccccc4c3nc2c1. The molecular formula is C29H30N4O. The number of hydrogen-bond donors (Lipinski definition) is 2. The minimum atomic E-state index is -0.182. The Morgan fingerprint density at radius 3 is 1.97 bits per heavy atom. The number of nitrogens with zero attached hydrogens (tertiary/aromatic N) is 2. The molecule has 0 unspecified atom stereocenters. The Labute approximate surface area is 199 Å². The first kappa shape index (κ1) is 22.1. The van der Waals surface area contributed by atoms with Crippen molar-refractivity contribution < 1.29 is 4.79 Å². The standard InChI is InChI=1S/C29H30N4O/c1-2-3-4-5-6-11-18-30-29(34)31-20-16-17-25-26(19-20)33-28-24-15-10-8-13-22(24)21-12-7-9-14-23(21)27(28)32-25/h7-10,12-17,19H,2-6,11,18H2,1H3,(H2,30,31,34). The molecule has 1 heterocycles. The van der Waals surface area contributed by atoms with Crippen LogP contribution < -0.4 is 10.6 Å². The first-order chi connectivity index (χ1) is 16.7. The average molecular weight is 451 g/mol. The molecular weight excluding hydrogens is 420 g/mol. The van der Waals surface area contributed by atoms with Crippen molar-refractivity contribution in [2.45, 2.75) is 45.4 Å². The highest BCUT2D eigenvalue weighted by atomic mass is 16.2. The molecule has 0 aliphatic heterocycles. The van der Waals surface area contributed by atoms with E-state index in [1.54, 1.807) is 0 Å². The van der Waals surface area contributed by atoms with E-state index in [0.717, 1.165) is 45.7 Å². The van der Waals surface area contributed by atoms with E-state index in [2.05, 4.69) is 54.0 Å². The van der Waals surface area contributed by atoms with Gasteiger partial charge in [0.05, 0.1) is 22.1 Å². The Morgan fingerprint density at radius 2 is 1.29 bits per heavy atom. The molecule has 2 amide bonds. The number of urea groups is 1. The number of carbonyl (C=O) groups is 1. The molecule has 0 aliphatic rings. The van der Waals surface area contributed by atoms with Gasteiger partial charge in [-0.05, 0) is 35.4 Å². The van der Waals surface area contributed by atoms with Crippen LogP contribution in [0.1, 0.15) is 45.4 Å². The molecule has 1 aromatic heterocycles. The van der Waals surface area contributed by atoms with Crippen molar-refractivity contribution in [1.82, 2.24) is 15.3 Å². The summed E-state index contributed by atoms with van der Waals surface area (Å²) in [6.45, 7) is 2.91. The number of rotatable bonds is 8. The summed E-state index contributed by atoms with van der Waals surface area (Å²) in [5.74, 6) is 0. The van der Waals surface area contributed by atoms with E-state index in [9.17, 15) is 4.79 Å². The molecule has 0 saturated carbocycles. The lowest BCUT2D eigenvalue weighted by atomic mass is 9.99. The molecule has 0 saturated heterocycles. The second kappa shape index (κ2) is 10.0. The normalized spacial score (nSPS) is 11.4. The number of benzene rings is 4. The van der Waals surface area contributed by atoms with Crippen molar-refractivity contribution in [3.05, 3.63) is 66.7 Å². The van der Waals surface area contributed by atoms with Crippen molar-refractivity contribution >= 4 is 55.3 Å². The van der Waals surface area contributed by atoms with E-state index < -0.39 is 0 Å². The Morgan fingerprint density at radius 1 is 0.706 bits per heavy atom. The molecule has 4 aromatic carbocycles. The van der Waals surface area contributed by atoms with Gasteiger partial charge in [0.25, 0.3) is 0 Å². The summed E-state index contributed by atoms with van der Waals surface area (Å²) in [6.07, 6.45) is 7.22. The topological polar surface area (TPSA) is 66.9 Å². The molecule has 5 heteroatoms. The molecule has 5 aromatic rings. The van der Waals surface area contributed by atoms with Crippen LogP contribution in [0, 0.1) is 0 Å². The summed E-state index contributed by atoms with van der Waals surface area (Å²) in [7, 11) is 0. The molecule has 2 N–H and O–H groups in total. The van der Waals surface area contributed by atoms with Crippen LogP contribution in [0.2, 0.25) is 0 Å². The number of fused-ring (bicyclic) bond motifs is 7. The van der Waals surface area contributed by atoms with Crippen LogP contribution >= 0.6 is 0 Å². The maximum atomic E-state index is 12.4. The van der Waals surface area contributed by atoms with Gasteiger partial charge in [-0.3, -0.25) is 0 Å². The maximum absolute atomic E-state index is 12.4. The van der Waals surface area contributed by atoms with Gasteiger partial charge in [0.2, 0.25) is 0 Å². The van der Waals surface area contributed by atoms with Crippen molar-refractivity contribution in [2.75, 3.05) is 11.9 Å². The van der Waals surface area contributed by atoms with Crippen LogP contribution in [0.3, 0.4) is 0 Å². The fraction of sp³-hybridized carbons (Fsp3) is 0.276. The van der Waals surface area contributed by atoms with Crippen LogP contribution in [0.15, 0.2) is 66.7 Å². The van der Waals surface area contributed by atoms with Gasteiger partial charge in [0, 0.05) is 23.0 Å². The fourth-order valence-corrected chi connectivity index (χ4v) is 4.64. The van der Waals surface area contributed by atoms with E-state index in [1.807, 2.05) is 30.3 Å². The van der Waals surface area contributed by atoms with Gasteiger partial charge in [-0.25, -0.2) is 14.8 Å². The Kier molecular flexibility index (Phi) is 6.52. The first-order valence-corrected chi connectivity index (χ1v) is 12.3. The van der Waals surface area contributed by atoms with E-state index >= 15 is 0 Å². The van der Waals surface area contributed by atoms with Crippen LogP contribution in [0.5, 0.6) is 0 Å². The van der Waals surface area contributed by atoms with E-state index in [1.165, 1.54) is 36.5 Å². The predicted molar refractivity (Wildman–Crippen MR) is 142 cm³/mol. The highest BCUT2D eigenvalue weighted by Gasteiger charge is 2.12. The van der Waals surface area contributed by atoms with Gasteiger partial charge in [0.1, 0.15) is 0 Å². The summed E-state index contributed by atoms with van der Waals surface area (Å²) in [5.41, 5.74) is 4.07. The zero-order valence-corrected chi connectivity index (χ0v) is 19.6. The van der Waals surface area contributed by atoms with E-state index in [4.69, 9.17) is 9.97 Å². The van der Waals surface area contributed by atoms with Crippen molar-refractivity contribution in [3.63, 3.8) is 0 Å². The van der Waals surface area contributed by atoms with Crippen molar-refractivity contribution in [3.8, 4) is 0 Å². The summed E-state index contributed by atoms with van der Waals surface area (Å²) in [5, 5.41) is 10.4. The van der Waals surface area contributed by atoms with Crippen LogP contribution in [0.4, 0.5) is 10.5 Å². The average Bonchev–Trinajstić information content (AvgIpc) is 2.87. The lowest BCUT2D eigenvalue weighted by Crippen LogP contribution is -2.29. The molecule has 0 atom stereocenters. The third kappa shape index (κ3) is 4.51. The lowest BCUT2D eigenvalue weighted by Gasteiger charge is -2.11. The molecule has 0 aliphatic carbocycles. The molecule has 0 radical (unpaired) electrons. The zero-order valence-electron chi connectivity index (χ0n) is 19.6. The number of anilines is 1. The largest absolute Gasteiger partial charge is 0.338 e. The number of amides is 2. The summed E-state index contributed by atoms with van der Waals surface area (Å²) >= 11 is 0. The van der Waals surface area contributed by atoms with Gasteiger partial charge in [-0.1, -0.05) is 87.6 Å². The van der Waals surface area contributed by atoms with Gasteiger partial charge in [-0.15, -0.1) is 0 Å². The Bertz CT molecular complexity index is 1480. The zero-order chi connectivity index (χ0) is 23.3. The molecule has 5 nitrogen and oxygen atoms in total. The quantitative estimate of drug-likeness (QED) is 0.145. The third-order valence-electron chi connectivity index (χ3n) is 6.39. The van der Waals surface area contributed by atoms with Crippen LogP contribution in [-0.2, 0) is 0 Å². The van der Waals surface area contributed by atoms with Crippen molar-refractivity contribution in [2.24, 2.45) is 0 Å². The minimum absolute atomic E-state index is 0.182. The number of hydrogen-bond acceptors (Lipinski definition) is 3. The van der Waals surface area contributed by atoms with Gasteiger partial charge < -0.3 is 10.6 Å². The molecule has 34 heavy (non-hydrogen) atoms. The predicted octanol–water partition coefficient (Wildman–Crippen LogP) is 7.57. The van der Waals surface area contributed by atoms with Crippen LogP contribution in [0.25, 0.3) is 43.6 Å². The second-order valence-corrected chi connectivity index (χ2v) is 8.86. The highest BCUT2D eigenvalue weighted by molar-refractivity contribution is 6.23. The van der Waals surface area contributed by atoms with Gasteiger partial charge in [0.15, 0.2) is 0 Å². The maximum Gasteiger partial charge on any atom is 0.319 e. The number of carbonyl (C=O) groups excluding carboxylic acids is 1. The smallest absolute Gasteiger partial charge is 0.319 e. The minimum Gasteiger partial charge on any atom is -0.338 e. The second-order valence-electron chi connectivity index (χ2n) is 8.86. The lowest BCUT2D eigenvalue weighted by molar-refractivity contribution is 0.252. The summed E-state index contributed by atoms with van der Waals surface area (Å²) in [4.78, 5) is 22.3. The third-order valence-corrected chi connectivity index (χ3v) is 6.39.